The molecule has 0 saturated carbocycles. The molecular weight excluding hydrogens is 711 g/mol. The Hall–Kier alpha value is -7.82. The normalized spacial score (nSPS) is 11.8. The van der Waals surface area contributed by atoms with E-state index in [0.717, 1.165) is 116 Å². The summed E-state index contributed by atoms with van der Waals surface area (Å²) >= 11 is 0. The molecule has 4 heteroatoms. The third-order valence-electron chi connectivity index (χ3n) is 11.5. The predicted molar refractivity (Wildman–Crippen MR) is 239 cm³/mol. The lowest BCUT2D eigenvalue weighted by Gasteiger charge is -2.26. The molecule has 58 heavy (non-hydrogen) atoms. The number of hydrogen-bond donors (Lipinski definition) is 0. The van der Waals surface area contributed by atoms with Crippen molar-refractivity contribution in [1.82, 2.24) is 0 Å². The third kappa shape index (κ3) is 5.23. The number of benzene rings is 9. The van der Waals surface area contributed by atoms with Gasteiger partial charge in [0.2, 0.25) is 0 Å². The fourth-order valence-corrected chi connectivity index (χ4v) is 8.65. The summed E-state index contributed by atoms with van der Waals surface area (Å²) in [6.45, 7) is 0. The highest BCUT2D eigenvalue weighted by atomic mass is 16.3. The molecular formula is C54H33NO3. The first-order valence-electron chi connectivity index (χ1n) is 19.6. The van der Waals surface area contributed by atoms with Gasteiger partial charge in [0.05, 0.1) is 0 Å². The Balaban J connectivity index is 0.962. The minimum absolute atomic E-state index is 0.892. The van der Waals surface area contributed by atoms with Gasteiger partial charge in [-0.1, -0.05) is 121 Å². The van der Waals surface area contributed by atoms with Crippen LogP contribution in [-0.4, -0.2) is 0 Å². The monoisotopic (exact) mass is 743 g/mol. The van der Waals surface area contributed by atoms with Crippen LogP contribution in [-0.2, 0) is 0 Å². The molecule has 4 nitrogen and oxygen atoms in total. The summed E-state index contributed by atoms with van der Waals surface area (Å²) in [6.07, 6.45) is 0. The molecule has 12 aromatic rings. The molecule has 0 aliphatic carbocycles. The van der Waals surface area contributed by atoms with E-state index in [0.29, 0.717) is 0 Å². The van der Waals surface area contributed by atoms with Crippen LogP contribution >= 0.6 is 0 Å². The van der Waals surface area contributed by atoms with Crippen LogP contribution in [0.2, 0.25) is 0 Å². The van der Waals surface area contributed by atoms with E-state index in [9.17, 15) is 0 Å². The molecule has 9 aromatic carbocycles. The second-order valence-electron chi connectivity index (χ2n) is 14.9. The van der Waals surface area contributed by atoms with E-state index in [1.807, 2.05) is 36.4 Å². The molecule has 0 aliphatic rings. The summed E-state index contributed by atoms with van der Waals surface area (Å²) in [7, 11) is 0. The highest BCUT2D eigenvalue weighted by Gasteiger charge is 2.18. The van der Waals surface area contributed by atoms with Crippen molar-refractivity contribution in [2.24, 2.45) is 0 Å². The average molecular weight is 744 g/mol. The van der Waals surface area contributed by atoms with Crippen molar-refractivity contribution < 1.29 is 13.3 Å². The number of anilines is 3. The Kier molecular flexibility index (Phi) is 7.20. The summed E-state index contributed by atoms with van der Waals surface area (Å²) in [5.74, 6) is 0. The first-order chi connectivity index (χ1) is 28.7. The van der Waals surface area contributed by atoms with Gasteiger partial charge < -0.3 is 18.2 Å². The first-order valence-corrected chi connectivity index (χ1v) is 19.6. The Morgan fingerprint density at radius 3 is 1.28 bits per heavy atom. The van der Waals surface area contributed by atoms with E-state index in [1.54, 1.807) is 0 Å². The molecule has 12 rings (SSSR count). The maximum Gasteiger partial charge on any atom is 0.143 e. The molecule has 0 unspecified atom stereocenters. The van der Waals surface area contributed by atoms with Crippen molar-refractivity contribution in [1.29, 1.82) is 0 Å². The standard InChI is InChI=1S/C54H33NO3/c1-6-18-51-43(11-1)46-15-8-14-42(54(46)58-51)38-9-7-10-41(31-38)55(39-25-19-34(20-26-39)36-23-29-52-47(32-36)44-12-2-4-16-49(44)56-52)40-27-21-35(22-28-40)37-24-30-53-48(33-37)45-13-3-5-17-50(45)57-53/h1-33H. The second kappa shape index (κ2) is 12.9. The average Bonchev–Trinajstić information content (AvgIpc) is 3.98. The number of hydrogen-bond acceptors (Lipinski definition) is 4. The van der Waals surface area contributed by atoms with Crippen LogP contribution in [0.1, 0.15) is 0 Å². The number of para-hydroxylation sites is 4. The quantitative estimate of drug-likeness (QED) is 0.170. The molecule has 0 spiro atoms. The number of fused-ring (bicyclic) bond motifs is 9. The van der Waals surface area contributed by atoms with Crippen molar-refractivity contribution in [3.8, 4) is 33.4 Å². The van der Waals surface area contributed by atoms with E-state index in [1.165, 1.54) is 0 Å². The zero-order valence-corrected chi connectivity index (χ0v) is 31.2. The molecule has 0 saturated heterocycles. The first kappa shape index (κ1) is 32.4. The van der Waals surface area contributed by atoms with Gasteiger partial charge >= 0.3 is 0 Å². The fourth-order valence-electron chi connectivity index (χ4n) is 8.65. The van der Waals surface area contributed by atoms with Crippen molar-refractivity contribution >= 4 is 82.9 Å². The lowest BCUT2D eigenvalue weighted by molar-refractivity contribution is 0.668. The SMILES string of the molecule is c1cc(-c2cccc3c2oc2ccccc23)cc(N(c2ccc(-c3ccc4oc5ccccc5c4c3)cc2)c2ccc(-c3ccc4oc5ccccc5c4c3)cc2)c1. The van der Waals surface area contributed by atoms with Crippen molar-refractivity contribution in [2.45, 2.75) is 0 Å². The predicted octanol–water partition coefficient (Wildman–Crippen LogP) is 15.9. The van der Waals surface area contributed by atoms with E-state index >= 15 is 0 Å². The van der Waals surface area contributed by atoms with Gasteiger partial charge in [-0.05, 0) is 107 Å². The Morgan fingerprint density at radius 2 is 0.707 bits per heavy atom. The molecule has 0 N–H and O–H groups in total. The van der Waals surface area contributed by atoms with Gasteiger partial charge in [-0.15, -0.1) is 0 Å². The zero-order valence-electron chi connectivity index (χ0n) is 31.2. The summed E-state index contributed by atoms with van der Waals surface area (Å²) in [4.78, 5) is 2.33. The largest absolute Gasteiger partial charge is 0.456 e. The van der Waals surface area contributed by atoms with Crippen LogP contribution < -0.4 is 4.90 Å². The third-order valence-corrected chi connectivity index (χ3v) is 11.5. The van der Waals surface area contributed by atoms with Gasteiger partial charge in [-0.2, -0.15) is 0 Å². The van der Waals surface area contributed by atoms with Crippen LogP contribution in [0.3, 0.4) is 0 Å². The van der Waals surface area contributed by atoms with Crippen molar-refractivity contribution in [3.05, 3.63) is 200 Å². The summed E-state index contributed by atoms with van der Waals surface area (Å²) < 4.78 is 18.7. The van der Waals surface area contributed by atoms with Gasteiger partial charge in [-0.3, -0.25) is 0 Å². The molecule has 0 aliphatic heterocycles. The maximum atomic E-state index is 6.48. The lowest BCUT2D eigenvalue weighted by Crippen LogP contribution is -2.10. The summed E-state index contributed by atoms with van der Waals surface area (Å²) in [5, 5.41) is 6.73. The maximum absolute atomic E-state index is 6.48. The Labute approximate surface area is 333 Å². The topological polar surface area (TPSA) is 42.7 Å². The van der Waals surface area contributed by atoms with E-state index in [2.05, 4.69) is 169 Å². The number of furan rings is 3. The molecule has 0 atom stereocenters. The van der Waals surface area contributed by atoms with Crippen LogP contribution in [0.25, 0.3) is 99.2 Å². The molecule has 0 radical (unpaired) electrons. The van der Waals surface area contributed by atoms with Crippen LogP contribution in [0.5, 0.6) is 0 Å². The molecule has 0 amide bonds. The molecule has 3 aromatic heterocycles. The van der Waals surface area contributed by atoms with Gasteiger partial charge in [0.15, 0.2) is 0 Å². The van der Waals surface area contributed by atoms with Gasteiger partial charge in [0.25, 0.3) is 0 Å². The lowest BCUT2D eigenvalue weighted by atomic mass is 10.00. The van der Waals surface area contributed by atoms with E-state index < -0.39 is 0 Å². The van der Waals surface area contributed by atoms with Gasteiger partial charge in [0.1, 0.15) is 33.5 Å². The fraction of sp³-hybridized carbons (Fsp3) is 0. The van der Waals surface area contributed by atoms with Crippen molar-refractivity contribution in [2.75, 3.05) is 4.90 Å². The smallest absolute Gasteiger partial charge is 0.143 e. The number of rotatable bonds is 6. The van der Waals surface area contributed by atoms with E-state index in [4.69, 9.17) is 13.3 Å². The minimum atomic E-state index is 0.892. The molecule has 272 valence electrons. The van der Waals surface area contributed by atoms with Gasteiger partial charge in [-0.25, -0.2) is 0 Å². The van der Waals surface area contributed by atoms with Crippen LogP contribution in [0.15, 0.2) is 213 Å². The Bertz CT molecular complexity index is 3360. The van der Waals surface area contributed by atoms with Crippen LogP contribution in [0, 0.1) is 0 Å². The van der Waals surface area contributed by atoms with Crippen molar-refractivity contribution in [3.63, 3.8) is 0 Å². The zero-order chi connectivity index (χ0) is 38.2. The summed E-state index contributed by atoms with van der Waals surface area (Å²) in [6, 6.07) is 70.5. The second-order valence-corrected chi connectivity index (χ2v) is 14.9. The van der Waals surface area contributed by atoms with Crippen LogP contribution in [0.4, 0.5) is 17.1 Å². The summed E-state index contributed by atoms with van der Waals surface area (Å²) in [5.41, 5.74) is 15.2. The molecule has 3 heterocycles. The highest BCUT2D eigenvalue weighted by Crippen LogP contribution is 2.42. The molecule has 0 fully saturated rings. The minimum Gasteiger partial charge on any atom is -0.456 e. The van der Waals surface area contributed by atoms with Gasteiger partial charge in [0, 0.05) is 54.9 Å². The molecule has 0 bridgehead atoms. The highest BCUT2D eigenvalue weighted by molar-refractivity contribution is 6.10. The Morgan fingerprint density at radius 1 is 0.259 bits per heavy atom. The number of nitrogens with zero attached hydrogens (tertiary/aromatic N) is 1. The van der Waals surface area contributed by atoms with E-state index in [-0.39, 0.29) is 0 Å².